The van der Waals surface area contributed by atoms with Crippen LogP contribution in [-0.4, -0.2) is 50.1 Å². The lowest BCUT2D eigenvalue weighted by Crippen LogP contribution is -2.43. The quantitative estimate of drug-likeness (QED) is 0.690. The van der Waals surface area contributed by atoms with Crippen molar-refractivity contribution in [3.63, 3.8) is 0 Å². The van der Waals surface area contributed by atoms with Gasteiger partial charge in [0.05, 0.1) is 22.9 Å². The van der Waals surface area contributed by atoms with Crippen LogP contribution in [0.1, 0.15) is 33.6 Å². The van der Waals surface area contributed by atoms with E-state index in [9.17, 15) is 9.59 Å². The summed E-state index contributed by atoms with van der Waals surface area (Å²) >= 11 is 0. The third-order valence-corrected chi connectivity index (χ3v) is 5.23. The maximum atomic E-state index is 12.7. The lowest BCUT2D eigenvalue weighted by Gasteiger charge is -2.32. The molecule has 4 rings (SSSR count). The summed E-state index contributed by atoms with van der Waals surface area (Å²) < 4.78 is 7.32. The van der Waals surface area contributed by atoms with E-state index in [0.717, 1.165) is 16.9 Å². The van der Waals surface area contributed by atoms with Crippen molar-refractivity contribution in [2.45, 2.75) is 39.2 Å². The molecule has 0 unspecified atom stereocenters. The summed E-state index contributed by atoms with van der Waals surface area (Å²) in [5.74, 6) is 0.541. The van der Waals surface area contributed by atoms with Crippen LogP contribution in [0.25, 0.3) is 16.9 Å². The number of piperidine rings is 1. The number of rotatable bonds is 3. The molecule has 8 nitrogen and oxygen atoms in total. The first-order valence-electron chi connectivity index (χ1n) is 10.5. The number of imidazole rings is 1. The van der Waals surface area contributed by atoms with Crippen molar-refractivity contribution in [3.8, 4) is 5.82 Å². The number of nitrogens with zero attached hydrogens (tertiary/aromatic N) is 4. The van der Waals surface area contributed by atoms with Crippen molar-refractivity contribution in [1.29, 1.82) is 0 Å². The van der Waals surface area contributed by atoms with Gasteiger partial charge in [-0.3, -0.25) is 9.36 Å². The molecule has 1 saturated heterocycles. The Morgan fingerprint density at radius 1 is 1.06 bits per heavy atom. The van der Waals surface area contributed by atoms with Gasteiger partial charge in [-0.05, 0) is 57.9 Å². The number of nitrogens with one attached hydrogen (secondary N) is 1. The molecule has 0 saturated carbocycles. The molecule has 1 aromatic carbocycles. The van der Waals surface area contributed by atoms with Crippen molar-refractivity contribution < 1.29 is 14.3 Å². The normalized spacial score (nSPS) is 15.1. The molecule has 0 aliphatic carbocycles. The first-order chi connectivity index (χ1) is 14.8. The molecule has 0 spiro atoms. The van der Waals surface area contributed by atoms with E-state index in [0.29, 0.717) is 31.6 Å². The molecule has 8 heteroatoms. The predicted octanol–water partition coefficient (Wildman–Crippen LogP) is 4.01. The summed E-state index contributed by atoms with van der Waals surface area (Å²) in [7, 11) is 0. The lowest BCUT2D eigenvalue weighted by atomic mass is 9.96. The molecule has 162 valence electrons. The smallest absolute Gasteiger partial charge is 0.410 e. The zero-order valence-electron chi connectivity index (χ0n) is 18.0. The van der Waals surface area contributed by atoms with Crippen LogP contribution in [0.2, 0.25) is 0 Å². The van der Waals surface area contributed by atoms with Gasteiger partial charge in [0.15, 0.2) is 0 Å². The number of hydrogen-bond donors (Lipinski definition) is 1. The van der Waals surface area contributed by atoms with E-state index in [4.69, 9.17) is 4.74 Å². The third kappa shape index (κ3) is 4.84. The Bertz CT molecular complexity index is 1080. The highest BCUT2D eigenvalue weighted by Crippen LogP contribution is 2.22. The molecule has 0 radical (unpaired) electrons. The number of ether oxygens (including phenoxy) is 1. The molecular weight excluding hydrogens is 394 g/mol. The molecular formula is C23H27N5O3. The van der Waals surface area contributed by atoms with E-state index in [1.165, 1.54) is 0 Å². The SMILES string of the molecule is CC(C)(C)OC(=O)N1CCC(C(=O)Nc2ccc(-n3cnc4ccccc43)nc2)CC1. The zero-order chi connectivity index (χ0) is 22.0. The molecule has 3 heterocycles. The van der Waals surface area contributed by atoms with E-state index < -0.39 is 5.60 Å². The Morgan fingerprint density at radius 3 is 2.48 bits per heavy atom. The maximum absolute atomic E-state index is 12.7. The van der Waals surface area contributed by atoms with Gasteiger partial charge in [0, 0.05) is 19.0 Å². The number of amides is 2. The Labute approximate surface area is 181 Å². The van der Waals surface area contributed by atoms with Crippen molar-refractivity contribution in [2.75, 3.05) is 18.4 Å². The van der Waals surface area contributed by atoms with Crippen LogP contribution in [0.15, 0.2) is 48.9 Å². The van der Waals surface area contributed by atoms with Crippen LogP contribution < -0.4 is 5.32 Å². The number of pyridine rings is 1. The maximum Gasteiger partial charge on any atom is 0.410 e. The number of anilines is 1. The fraction of sp³-hybridized carbons (Fsp3) is 0.391. The molecule has 3 aromatic rings. The van der Waals surface area contributed by atoms with Gasteiger partial charge in [-0.15, -0.1) is 0 Å². The summed E-state index contributed by atoms with van der Waals surface area (Å²) in [5.41, 5.74) is 2.00. The van der Waals surface area contributed by atoms with Crippen LogP contribution >= 0.6 is 0 Å². The highest BCUT2D eigenvalue weighted by molar-refractivity contribution is 5.92. The summed E-state index contributed by atoms with van der Waals surface area (Å²) in [6, 6.07) is 11.5. The second-order valence-corrected chi connectivity index (χ2v) is 8.74. The minimum absolute atomic E-state index is 0.0496. The molecule has 1 fully saturated rings. The number of likely N-dealkylation sites (tertiary alicyclic amines) is 1. The van der Waals surface area contributed by atoms with Crippen LogP contribution in [0, 0.1) is 5.92 Å². The number of carbonyl (C=O) groups is 2. The average Bonchev–Trinajstić information content (AvgIpc) is 3.17. The third-order valence-electron chi connectivity index (χ3n) is 5.23. The van der Waals surface area contributed by atoms with Gasteiger partial charge in [0.2, 0.25) is 5.91 Å². The molecule has 31 heavy (non-hydrogen) atoms. The van der Waals surface area contributed by atoms with E-state index in [1.807, 2.05) is 61.7 Å². The van der Waals surface area contributed by atoms with Gasteiger partial charge in [0.1, 0.15) is 17.7 Å². The van der Waals surface area contributed by atoms with E-state index >= 15 is 0 Å². The van der Waals surface area contributed by atoms with Gasteiger partial charge in [-0.1, -0.05) is 12.1 Å². The number of aromatic nitrogens is 3. The first kappa shape index (κ1) is 20.8. The predicted molar refractivity (Wildman–Crippen MR) is 118 cm³/mol. The fourth-order valence-electron chi connectivity index (χ4n) is 3.64. The Kier molecular flexibility index (Phi) is 5.63. The van der Waals surface area contributed by atoms with Crippen LogP contribution in [0.5, 0.6) is 0 Å². The van der Waals surface area contributed by atoms with Crippen molar-refractivity contribution >= 4 is 28.7 Å². The molecule has 1 aliphatic rings. The van der Waals surface area contributed by atoms with Crippen LogP contribution in [0.4, 0.5) is 10.5 Å². The average molecular weight is 422 g/mol. The van der Waals surface area contributed by atoms with Crippen LogP contribution in [-0.2, 0) is 9.53 Å². The molecule has 1 N–H and O–H groups in total. The van der Waals surface area contributed by atoms with Gasteiger partial charge in [-0.25, -0.2) is 14.8 Å². The standard InChI is InChI=1S/C23H27N5O3/c1-23(2,3)31-22(30)27-12-10-16(11-13-27)21(29)26-17-8-9-20(24-14-17)28-15-25-18-6-4-5-7-19(18)28/h4-9,14-16H,10-13H2,1-3H3,(H,26,29). The van der Waals surface area contributed by atoms with Gasteiger partial charge < -0.3 is 15.0 Å². The van der Waals surface area contributed by atoms with Crippen molar-refractivity contribution in [1.82, 2.24) is 19.4 Å². The van der Waals surface area contributed by atoms with Crippen molar-refractivity contribution in [3.05, 3.63) is 48.9 Å². The highest BCUT2D eigenvalue weighted by Gasteiger charge is 2.30. The number of para-hydroxylation sites is 2. The molecule has 2 aromatic heterocycles. The summed E-state index contributed by atoms with van der Waals surface area (Å²) in [6.07, 6.45) is 4.29. The molecule has 2 amide bonds. The Morgan fingerprint density at radius 2 is 1.81 bits per heavy atom. The van der Waals surface area contributed by atoms with Gasteiger partial charge in [-0.2, -0.15) is 0 Å². The number of carbonyl (C=O) groups excluding carboxylic acids is 2. The topological polar surface area (TPSA) is 89.4 Å². The second-order valence-electron chi connectivity index (χ2n) is 8.74. The number of fused-ring (bicyclic) bond motifs is 1. The summed E-state index contributed by atoms with van der Waals surface area (Å²) in [4.78, 5) is 35.4. The number of benzene rings is 1. The Balaban J connectivity index is 1.34. The number of hydrogen-bond acceptors (Lipinski definition) is 5. The van der Waals surface area contributed by atoms with E-state index in [2.05, 4.69) is 15.3 Å². The van der Waals surface area contributed by atoms with Crippen LogP contribution in [0.3, 0.4) is 0 Å². The largest absolute Gasteiger partial charge is 0.444 e. The first-order valence-corrected chi connectivity index (χ1v) is 10.5. The molecule has 0 bridgehead atoms. The minimum Gasteiger partial charge on any atom is -0.444 e. The summed E-state index contributed by atoms with van der Waals surface area (Å²) in [6.45, 7) is 6.56. The second kappa shape index (κ2) is 8.37. The highest BCUT2D eigenvalue weighted by atomic mass is 16.6. The zero-order valence-corrected chi connectivity index (χ0v) is 18.0. The Hall–Kier alpha value is -3.42. The fourth-order valence-corrected chi connectivity index (χ4v) is 3.64. The van der Waals surface area contributed by atoms with Gasteiger partial charge in [0.25, 0.3) is 0 Å². The molecule has 1 aliphatic heterocycles. The van der Waals surface area contributed by atoms with E-state index in [-0.39, 0.29) is 17.9 Å². The van der Waals surface area contributed by atoms with Gasteiger partial charge >= 0.3 is 6.09 Å². The monoisotopic (exact) mass is 421 g/mol. The summed E-state index contributed by atoms with van der Waals surface area (Å²) in [5, 5.41) is 2.94. The minimum atomic E-state index is -0.520. The van der Waals surface area contributed by atoms with Crippen molar-refractivity contribution in [2.24, 2.45) is 5.92 Å². The van der Waals surface area contributed by atoms with E-state index in [1.54, 1.807) is 17.4 Å². The lowest BCUT2D eigenvalue weighted by molar-refractivity contribution is -0.121. The molecule has 0 atom stereocenters.